The lowest BCUT2D eigenvalue weighted by molar-refractivity contribution is 0.0938. The Hall–Kier alpha value is -3.69. The van der Waals surface area contributed by atoms with Crippen LogP contribution in [0, 0.1) is 6.92 Å². The molecule has 0 heterocycles. The standard InChI is InChI=1S/C26H29N3O5S/c1-19-7-6-8-22(17-19)29(35(3,32)33)18-20-11-13-21(14-12-20)25(30)28-24-10-5-4-9-23(24)26(31)27-15-16-34-2/h4-14,17H,15-16,18H2,1-3H3,(H,27,31)(H,28,30). The van der Waals surface area contributed by atoms with Gasteiger partial charge in [0.25, 0.3) is 11.8 Å². The summed E-state index contributed by atoms with van der Waals surface area (Å²) in [5.41, 5.74) is 3.37. The first kappa shape index (κ1) is 25.9. The van der Waals surface area contributed by atoms with Gasteiger partial charge in [0.15, 0.2) is 0 Å². The molecule has 2 N–H and O–H groups in total. The number of ether oxygens (including phenoxy) is 1. The topological polar surface area (TPSA) is 105 Å². The lowest BCUT2D eigenvalue weighted by atomic mass is 10.1. The molecule has 0 aliphatic carbocycles. The van der Waals surface area contributed by atoms with Gasteiger partial charge < -0.3 is 15.4 Å². The Morgan fingerprint density at radius 2 is 1.66 bits per heavy atom. The van der Waals surface area contributed by atoms with Crippen molar-refractivity contribution in [3.63, 3.8) is 0 Å². The highest BCUT2D eigenvalue weighted by Crippen LogP contribution is 2.22. The lowest BCUT2D eigenvalue weighted by Gasteiger charge is -2.23. The molecule has 184 valence electrons. The molecule has 0 aliphatic rings. The highest BCUT2D eigenvalue weighted by atomic mass is 32.2. The van der Waals surface area contributed by atoms with Crippen LogP contribution in [0.3, 0.4) is 0 Å². The van der Waals surface area contributed by atoms with Crippen molar-refractivity contribution in [1.29, 1.82) is 0 Å². The van der Waals surface area contributed by atoms with Gasteiger partial charge in [0.05, 0.1) is 36.3 Å². The van der Waals surface area contributed by atoms with E-state index in [4.69, 9.17) is 4.74 Å². The van der Waals surface area contributed by atoms with Gasteiger partial charge in [-0.3, -0.25) is 13.9 Å². The Balaban J connectivity index is 1.73. The molecule has 0 aromatic heterocycles. The highest BCUT2D eigenvalue weighted by molar-refractivity contribution is 7.92. The maximum Gasteiger partial charge on any atom is 0.255 e. The number of anilines is 2. The van der Waals surface area contributed by atoms with E-state index in [1.54, 1.807) is 61.7 Å². The Kier molecular flexibility index (Phi) is 8.62. The van der Waals surface area contributed by atoms with E-state index >= 15 is 0 Å². The van der Waals surface area contributed by atoms with Gasteiger partial charge in [0.2, 0.25) is 10.0 Å². The molecule has 3 aromatic rings. The smallest absolute Gasteiger partial charge is 0.255 e. The number of nitrogens with one attached hydrogen (secondary N) is 2. The zero-order valence-corrected chi connectivity index (χ0v) is 20.8. The summed E-state index contributed by atoms with van der Waals surface area (Å²) in [4.78, 5) is 25.3. The summed E-state index contributed by atoms with van der Waals surface area (Å²) < 4.78 is 31.1. The third-order valence-electron chi connectivity index (χ3n) is 5.24. The second kappa shape index (κ2) is 11.6. The van der Waals surface area contributed by atoms with Gasteiger partial charge in [0.1, 0.15) is 0 Å². The first-order valence-corrected chi connectivity index (χ1v) is 12.8. The van der Waals surface area contributed by atoms with Gasteiger partial charge in [0, 0.05) is 19.2 Å². The first-order chi connectivity index (χ1) is 16.7. The van der Waals surface area contributed by atoms with E-state index in [1.807, 2.05) is 25.1 Å². The molecule has 35 heavy (non-hydrogen) atoms. The molecule has 8 nitrogen and oxygen atoms in total. The van der Waals surface area contributed by atoms with Crippen molar-refractivity contribution in [3.05, 3.63) is 95.1 Å². The number of aryl methyl sites for hydroxylation is 1. The molecule has 0 bridgehead atoms. The molecule has 3 rings (SSSR count). The normalized spacial score (nSPS) is 11.1. The molecule has 0 spiro atoms. The largest absolute Gasteiger partial charge is 0.383 e. The molecular formula is C26H29N3O5S. The zero-order valence-electron chi connectivity index (χ0n) is 19.9. The third kappa shape index (κ3) is 7.14. The Bertz CT molecular complexity index is 1290. The van der Waals surface area contributed by atoms with Crippen LogP contribution in [0.25, 0.3) is 0 Å². The van der Waals surface area contributed by atoms with Crippen LogP contribution in [0.5, 0.6) is 0 Å². The monoisotopic (exact) mass is 495 g/mol. The molecule has 0 fully saturated rings. The fourth-order valence-electron chi connectivity index (χ4n) is 3.46. The van der Waals surface area contributed by atoms with Crippen molar-refractivity contribution in [3.8, 4) is 0 Å². The molecule has 0 radical (unpaired) electrons. The maximum absolute atomic E-state index is 12.8. The Labute approximate surface area is 206 Å². The number of benzene rings is 3. The molecule has 2 amide bonds. The number of para-hydroxylation sites is 1. The lowest BCUT2D eigenvalue weighted by Crippen LogP contribution is -2.29. The van der Waals surface area contributed by atoms with Crippen LogP contribution in [0.1, 0.15) is 31.8 Å². The van der Waals surface area contributed by atoms with E-state index in [1.165, 1.54) is 10.6 Å². The van der Waals surface area contributed by atoms with Gasteiger partial charge in [-0.25, -0.2) is 8.42 Å². The van der Waals surface area contributed by atoms with Crippen LogP contribution in [-0.4, -0.2) is 46.7 Å². The predicted molar refractivity (Wildman–Crippen MR) is 137 cm³/mol. The summed E-state index contributed by atoms with van der Waals surface area (Å²) in [6.45, 7) is 2.77. The fraction of sp³-hybridized carbons (Fsp3) is 0.231. The van der Waals surface area contributed by atoms with E-state index in [2.05, 4.69) is 10.6 Å². The fourth-order valence-corrected chi connectivity index (χ4v) is 4.34. The second-order valence-electron chi connectivity index (χ2n) is 8.05. The van der Waals surface area contributed by atoms with Gasteiger partial charge in [-0.15, -0.1) is 0 Å². The SMILES string of the molecule is COCCNC(=O)c1ccccc1NC(=O)c1ccc(CN(c2cccc(C)c2)S(C)(=O)=O)cc1. The van der Waals surface area contributed by atoms with Crippen molar-refractivity contribution in [2.45, 2.75) is 13.5 Å². The van der Waals surface area contributed by atoms with Gasteiger partial charge in [-0.1, -0.05) is 36.4 Å². The van der Waals surface area contributed by atoms with Crippen molar-refractivity contribution in [1.82, 2.24) is 5.32 Å². The maximum atomic E-state index is 12.8. The molecule has 0 atom stereocenters. The van der Waals surface area contributed by atoms with Crippen LogP contribution in [0.15, 0.2) is 72.8 Å². The Morgan fingerprint density at radius 1 is 0.943 bits per heavy atom. The molecule has 0 unspecified atom stereocenters. The second-order valence-corrected chi connectivity index (χ2v) is 9.96. The molecule has 9 heteroatoms. The van der Waals surface area contributed by atoms with Crippen LogP contribution in [-0.2, 0) is 21.3 Å². The number of hydrogen-bond acceptors (Lipinski definition) is 5. The highest BCUT2D eigenvalue weighted by Gasteiger charge is 2.19. The zero-order chi connectivity index (χ0) is 25.4. The van der Waals surface area contributed by atoms with Crippen LogP contribution in [0.4, 0.5) is 11.4 Å². The van der Waals surface area contributed by atoms with E-state index < -0.39 is 10.0 Å². The summed E-state index contributed by atoms with van der Waals surface area (Å²) in [5.74, 6) is -0.697. The average Bonchev–Trinajstić information content (AvgIpc) is 2.82. The van der Waals surface area contributed by atoms with Crippen LogP contribution >= 0.6 is 0 Å². The first-order valence-electron chi connectivity index (χ1n) is 11.0. The summed E-state index contributed by atoms with van der Waals surface area (Å²) in [5, 5.41) is 5.52. The minimum Gasteiger partial charge on any atom is -0.383 e. The van der Waals surface area contributed by atoms with Gasteiger partial charge in [-0.05, 0) is 54.4 Å². The number of hydrogen-bond donors (Lipinski definition) is 2. The van der Waals surface area contributed by atoms with E-state index in [-0.39, 0.29) is 18.4 Å². The number of carbonyl (C=O) groups is 2. The van der Waals surface area contributed by atoms with Crippen molar-refractivity contribution in [2.75, 3.05) is 36.1 Å². The van der Waals surface area contributed by atoms with Crippen LogP contribution < -0.4 is 14.9 Å². The number of nitrogens with zero attached hydrogens (tertiary/aromatic N) is 1. The summed E-state index contributed by atoms with van der Waals surface area (Å²) in [6, 6.07) is 20.7. The van der Waals surface area contributed by atoms with E-state index in [0.29, 0.717) is 35.7 Å². The number of rotatable bonds is 10. The van der Waals surface area contributed by atoms with E-state index in [0.717, 1.165) is 11.1 Å². The molecule has 3 aromatic carbocycles. The number of amides is 2. The van der Waals surface area contributed by atoms with Crippen molar-refractivity contribution >= 4 is 33.2 Å². The number of sulfonamides is 1. The Morgan fingerprint density at radius 3 is 2.31 bits per heavy atom. The van der Waals surface area contributed by atoms with E-state index in [9.17, 15) is 18.0 Å². The van der Waals surface area contributed by atoms with Gasteiger partial charge in [-0.2, -0.15) is 0 Å². The third-order valence-corrected chi connectivity index (χ3v) is 6.38. The van der Waals surface area contributed by atoms with Crippen molar-refractivity contribution < 1.29 is 22.7 Å². The predicted octanol–water partition coefficient (Wildman–Crippen LogP) is 3.59. The summed E-state index contributed by atoms with van der Waals surface area (Å²) >= 11 is 0. The summed E-state index contributed by atoms with van der Waals surface area (Å²) in [7, 11) is -1.96. The average molecular weight is 496 g/mol. The summed E-state index contributed by atoms with van der Waals surface area (Å²) in [6.07, 6.45) is 1.17. The number of carbonyl (C=O) groups excluding carboxylic acids is 2. The number of methoxy groups -OCH3 is 1. The molecular weight excluding hydrogens is 466 g/mol. The molecule has 0 saturated heterocycles. The van der Waals surface area contributed by atoms with Crippen molar-refractivity contribution in [2.24, 2.45) is 0 Å². The van der Waals surface area contributed by atoms with Crippen LogP contribution in [0.2, 0.25) is 0 Å². The van der Waals surface area contributed by atoms with Gasteiger partial charge >= 0.3 is 0 Å². The molecule has 0 aliphatic heterocycles. The molecule has 0 saturated carbocycles. The minimum absolute atomic E-state index is 0.134. The minimum atomic E-state index is -3.51. The quantitative estimate of drug-likeness (QED) is 0.418.